The van der Waals surface area contributed by atoms with Crippen molar-refractivity contribution in [1.29, 1.82) is 0 Å². The summed E-state index contributed by atoms with van der Waals surface area (Å²) in [6.07, 6.45) is 48.2. The third-order valence-corrected chi connectivity index (χ3v) is 10.5. The van der Waals surface area contributed by atoms with E-state index in [1.807, 2.05) is 0 Å². The van der Waals surface area contributed by atoms with E-state index in [1.165, 1.54) is 199 Å². The Labute approximate surface area is 279 Å². The molecule has 0 aliphatic heterocycles. The molecule has 0 saturated heterocycles. The quantitative estimate of drug-likeness (QED) is 0.0697. The molecule has 0 radical (unpaired) electrons. The summed E-state index contributed by atoms with van der Waals surface area (Å²) in [6, 6.07) is 0. The van der Waals surface area contributed by atoms with E-state index in [4.69, 9.17) is 0 Å². The molecular weight excluding hydrogens is 536 g/mol. The van der Waals surface area contributed by atoms with Gasteiger partial charge in [-0.1, -0.05) is 239 Å². The topological polar surface area (TPSA) is 37.3 Å². The van der Waals surface area contributed by atoms with Gasteiger partial charge in [-0.25, -0.2) is 0 Å². The highest BCUT2D eigenvalue weighted by Crippen LogP contribution is 2.38. The lowest BCUT2D eigenvalue weighted by molar-refractivity contribution is -0.150. The van der Waals surface area contributed by atoms with Gasteiger partial charge in [0, 0.05) is 0 Å². The number of hydrogen-bond donors (Lipinski definition) is 1. The zero-order valence-corrected chi connectivity index (χ0v) is 31.0. The van der Waals surface area contributed by atoms with Crippen molar-refractivity contribution in [1.82, 2.24) is 0 Å². The summed E-state index contributed by atoms with van der Waals surface area (Å²) in [7, 11) is 0. The zero-order chi connectivity index (χ0) is 32.2. The Hall–Kier alpha value is -0.530. The molecule has 0 spiro atoms. The van der Waals surface area contributed by atoms with Crippen LogP contribution in [-0.4, -0.2) is 11.1 Å². The fraction of sp³-hybridized carbons (Fsp3) is 0.976. The first-order valence-electron chi connectivity index (χ1n) is 20.9. The summed E-state index contributed by atoms with van der Waals surface area (Å²) in [5.74, 6) is -0.488. The molecule has 1 unspecified atom stereocenters. The van der Waals surface area contributed by atoms with Crippen LogP contribution in [0.25, 0.3) is 0 Å². The lowest BCUT2D eigenvalue weighted by atomic mass is 9.74. The molecule has 0 fully saturated rings. The fourth-order valence-electron chi connectivity index (χ4n) is 7.26. The van der Waals surface area contributed by atoms with Crippen molar-refractivity contribution in [2.45, 2.75) is 258 Å². The third-order valence-electron chi connectivity index (χ3n) is 10.5. The van der Waals surface area contributed by atoms with Gasteiger partial charge in [0.1, 0.15) is 0 Å². The Morgan fingerprint density at radius 3 is 0.636 bits per heavy atom. The second-order valence-corrected chi connectivity index (χ2v) is 14.8. The minimum absolute atomic E-state index is 0.460. The highest BCUT2D eigenvalue weighted by molar-refractivity contribution is 5.74. The highest BCUT2D eigenvalue weighted by atomic mass is 16.4. The Morgan fingerprint density at radius 2 is 0.477 bits per heavy atom. The summed E-state index contributed by atoms with van der Waals surface area (Å²) in [6.45, 7) is 6.86. The van der Waals surface area contributed by atoms with Crippen molar-refractivity contribution in [3.05, 3.63) is 0 Å². The van der Waals surface area contributed by atoms with Gasteiger partial charge in [0.25, 0.3) is 0 Å². The number of rotatable bonds is 38. The molecule has 0 saturated carbocycles. The summed E-state index contributed by atoms with van der Waals surface area (Å²) in [5, 5.41) is 10.5. The van der Waals surface area contributed by atoms with Crippen LogP contribution in [0.1, 0.15) is 258 Å². The average molecular weight is 621 g/mol. The Balaban J connectivity index is 4.30. The molecule has 264 valence electrons. The van der Waals surface area contributed by atoms with Gasteiger partial charge in [-0.3, -0.25) is 4.79 Å². The minimum atomic E-state index is -0.488. The van der Waals surface area contributed by atoms with Gasteiger partial charge >= 0.3 is 5.97 Å². The van der Waals surface area contributed by atoms with E-state index in [1.54, 1.807) is 0 Å². The molecule has 0 heterocycles. The summed E-state index contributed by atoms with van der Waals surface area (Å²) >= 11 is 0. The van der Waals surface area contributed by atoms with Crippen LogP contribution < -0.4 is 0 Å². The van der Waals surface area contributed by atoms with Crippen LogP contribution in [-0.2, 0) is 4.79 Å². The van der Waals surface area contributed by atoms with Crippen LogP contribution in [0.2, 0.25) is 0 Å². The maximum atomic E-state index is 12.8. The van der Waals surface area contributed by atoms with Crippen LogP contribution in [0.15, 0.2) is 0 Å². The molecule has 44 heavy (non-hydrogen) atoms. The summed E-state index contributed by atoms with van der Waals surface area (Å²) < 4.78 is 0. The van der Waals surface area contributed by atoms with E-state index in [9.17, 15) is 9.90 Å². The number of carboxylic acids is 1. The van der Waals surface area contributed by atoms with E-state index in [0.717, 1.165) is 38.5 Å². The summed E-state index contributed by atoms with van der Waals surface area (Å²) in [5.41, 5.74) is -0.460. The zero-order valence-electron chi connectivity index (χ0n) is 31.0. The van der Waals surface area contributed by atoms with E-state index in [0.29, 0.717) is 0 Å². The van der Waals surface area contributed by atoms with Crippen LogP contribution in [0, 0.1) is 5.41 Å². The van der Waals surface area contributed by atoms with Gasteiger partial charge in [0.2, 0.25) is 0 Å². The highest BCUT2D eigenvalue weighted by Gasteiger charge is 2.36. The van der Waals surface area contributed by atoms with E-state index in [2.05, 4.69) is 20.8 Å². The first-order valence-corrected chi connectivity index (χ1v) is 20.9. The van der Waals surface area contributed by atoms with Gasteiger partial charge in [0.15, 0.2) is 0 Å². The predicted molar refractivity (Wildman–Crippen MR) is 198 cm³/mol. The second-order valence-electron chi connectivity index (χ2n) is 14.8. The molecule has 0 rings (SSSR count). The smallest absolute Gasteiger partial charge is 0.309 e. The third kappa shape index (κ3) is 28.9. The Kier molecular flexibility index (Phi) is 34.9. The average Bonchev–Trinajstić information content (AvgIpc) is 3.02. The van der Waals surface area contributed by atoms with Crippen molar-refractivity contribution in [2.24, 2.45) is 5.41 Å². The van der Waals surface area contributed by atoms with Crippen LogP contribution in [0.4, 0.5) is 0 Å². The Bertz CT molecular complexity index is 558. The molecule has 2 heteroatoms. The van der Waals surface area contributed by atoms with Gasteiger partial charge in [-0.15, -0.1) is 0 Å². The number of carbonyl (C=O) groups is 1. The van der Waals surface area contributed by atoms with E-state index in [-0.39, 0.29) is 0 Å². The van der Waals surface area contributed by atoms with Crippen LogP contribution in [0.5, 0.6) is 0 Å². The molecule has 2 nitrogen and oxygen atoms in total. The lowest BCUT2D eigenvalue weighted by Gasteiger charge is -2.30. The maximum Gasteiger partial charge on any atom is 0.309 e. The monoisotopic (exact) mass is 621 g/mol. The molecule has 1 atom stereocenters. The second kappa shape index (κ2) is 35.3. The molecular formula is C42H84O2. The van der Waals surface area contributed by atoms with E-state index < -0.39 is 11.4 Å². The number of unbranched alkanes of at least 4 members (excludes halogenated alkanes) is 31. The minimum Gasteiger partial charge on any atom is -0.481 e. The van der Waals surface area contributed by atoms with Crippen LogP contribution >= 0.6 is 0 Å². The van der Waals surface area contributed by atoms with Crippen molar-refractivity contribution in [2.75, 3.05) is 0 Å². The molecule has 0 amide bonds. The van der Waals surface area contributed by atoms with E-state index >= 15 is 0 Å². The molecule has 1 N–H and O–H groups in total. The van der Waals surface area contributed by atoms with Gasteiger partial charge in [-0.05, 0) is 19.3 Å². The standard InChI is InChI=1S/C42H84O2/c1-4-7-10-13-16-19-21-23-24-26-28-31-34-37-40-42(41(43)44,38-35-32-29-18-15-12-9-6-3)39-36-33-30-27-25-22-20-17-14-11-8-5-2/h4-40H2,1-3H3,(H,43,44). The normalized spacial score (nSPS) is 13.0. The van der Waals surface area contributed by atoms with Crippen molar-refractivity contribution in [3.63, 3.8) is 0 Å². The SMILES string of the molecule is CCCCCCCCCCCCCCCCC(CCCCCCCCCC)(CCCCCCCCCCCCCC)C(=O)O. The number of aliphatic carboxylic acids is 1. The molecule has 0 aliphatic carbocycles. The maximum absolute atomic E-state index is 12.8. The van der Waals surface area contributed by atoms with Crippen molar-refractivity contribution in [3.8, 4) is 0 Å². The molecule has 0 bridgehead atoms. The van der Waals surface area contributed by atoms with Gasteiger partial charge < -0.3 is 5.11 Å². The van der Waals surface area contributed by atoms with Crippen LogP contribution in [0.3, 0.4) is 0 Å². The fourth-order valence-corrected chi connectivity index (χ4v) is 7.26. The Morgan fingerprint density at radius 1 is 0.318 bits per heavy atom. The lowest BCUT2D eigenvalue weighted by Crippen LogP contribution is -2.31. The predicted octanol–water partition coefficient (Wildman–Crippen LogP) is 15.6. The number of hydrogen-bond acceptors (Lipinski definition) is 1. The molecule has 0 aromatic carbocycles. The first kappa shape index (κ1) is 43.5. The molecule has 0 aromatic rings. The number of carboxylic acid groups (broad SMARTS) is 1. The van der Waals surface area contributed by atoms with Gasteiger partial charge in [-0.2, -0.15) is 0 Å². The van der Waals surface area contributed by atoms with Crippen molar-refractivity contribution < 1.29 is 9.90 Å². The molecule has 0 aliphatic rings. The van der Waals surface area contributed by atoms with Crippen molar-refractivity contribution >= 4 is 5.97 Å². The molecule has 0 aromatic heterocycles. The largest absolute Gasteiger partial charge is 0.481 e. The van der Waals surface area contributed by atoms with Gasteiger partial charge in [0.05, 0.1) is 5.41 Å². The summed E-state index contributed by atoms with van der Waals surface area (Å²) in [4.78, 5) is 12.8. The first-order chi connectivity index (χ1) is 21.6.